The number of nitrogens with zero attached hydrogens (tertiary/aromatic N) is 1. The summed E-state index contributed by atoms with van der Waals surface area (Å²) >= 11 is 0. The van der Waals surface area contributed by atoms with E-state index < -0.39 is 5.97 Å². The third-order valence-electron chi connectivity index (χ3n) is 3.56. The zero-order chi connectivity index (χ0) is 13.8. The molecule has 1 aliphatic rings. The fraction of sp³-hybridized carbons (Fsp3) is 0.571. The van der Waals surface area contributed by atoms with Crippen molar-refractivity contribution in [2.24, 2.45) is 0 Å². The molecule has 104 valence electrons. The monoisotopic (exact) mass is 265 g/mol. The van der Waals surface area contributed by atoms with Gasteiger partial charge >= 0.3 is 5.97 Å². The summed E-state index contributed by atoms with van der Waals surface area (Å²) in [6, 6.07) is 0. The highest BCUT2D eigenvalue weighted by atomic mass is 16.5. The van der Waals surface area contributed by atoms with Crippen LogP contribution in [0.1, 0.15) is 40.7 Å². The second-order valence-corrected chi connectivity index (χ2v) is 4.87. The van der Waals surface area contributed by atoms with Crippen LogP contribution in [-0.2, 0) is 24.1 Å². The number of rotatable bonds is 5. The predicted molar refractivity (Wildman–Crippen MR) is 70.8 cm³/mol. The molecule has 0 radical (unpaired) electrons. The Bertz CT molecular complexity index is 533. The molecule has 0 atom stereocenters. The normalized spacial score (nSPS) is 14.2. The molecule has 1 aromatic heterocycles. The Balaban J connectivity index is 2.42. The van der Waals surface area contributed by atoms with E-state index in [9.17, 15) is 14.7 Å². The number of aryl methyl sites for hydroxylation is 2. The number of carboxylic acid groups (broad SMARTS) is 1. The van der Waals surface area contributed by atoms with Gasteiger partial charge in [-0.1, -0.05) is 0 Å². The molecule has 0 unspecified atom stereocenters. The van der Waals surface area contributed by atoms with Gasteiger partial charge in [-0.05, 0) is 43.2 Å². The quantitative estimate of drug-likeness (QED) is 0.818. The number of carbonyl (C=O) groups is 1. The fourth-order valence-corrected chi connectivity index (χ4v) is 2.64. The molecule has 0 saturated carbocycles. The van der Waals surface area contributed by atoms with Gasteiger partial charge in [-0.15, -0.1) is 0 Å². The first kappa shape index (κ1) is 13.8. The van der Waals surface area contributed by atoms with Crippen LogP contribution in [0.2, 0.25) is 0 Å². The van der Waals surface area contributed by atoms with Gasteiger partial charge in [-0.25, -0.2) is 4.79 Å². The first-order chi connectivity index (χ1) is 9.15. The van der Waals surface area contributed by atoms with E-state index in [1.54, 1.807) is 7.11 Å². The van der Waals surface area contributed by atoms with Gasteiger partial charge < -0.3 is 14.4 Å². The minimum Gasteiger partial charge on any atom is -0.477 e. The fourth-order valence-electron chi connectivity index (χ4n) is 2.64. The Morgan fingerprint density at radius 3 is 2.84 bits per heavy atom. The van der Waals surface area contributed by atoms with Gasteiger partial charge in [0.1, 0.15) is 5.56 Å². The molecular formula is C14H19NO4. The molecule has 0 spiro atoms. The highest BCUT2D eigenvalue weighted by Crippen LogP contribution is 2.22. The predicted octanol–water partition coefficient (Wildman–Crippen LogP) is 1.46. The van der Waals surface area contributed by atoms with Crippen LogP contribution in [0.3, 0.4) is 0 Å². The number of carboxylic acids is 1. The Morgan fingerprint density at radius 2 is 2.16 bits per heavy atom. The summed E-state index contributed by atoms with van der Waals surface area (Å²) in [5.74, 6) is -1.11. The van der Waals surface area contributed by atoms with E-state index in [-0.39, 0.29) is 11.1 Å². The van der Waals surface area contributed by atoms with E-state index >= 15 is 0 Å². The molecule has 0 amide bonds. The zero-order valence-electron chi connectivity index (χ0n) is 11.1. The SMILES string of the molecule is COCCCn1cc2c(c(C(=O)O)c1=O)CCCC2. The first-order valence-electron chi connectivity index (χ1n) is 6.62. The van der Waals surface area contributed by atoms with Crippen LogP contribution in [0.25, 0.3) is 0 Å². The van der Waals surface area contributed by atoms with Crippen molar-refractivity contribution in [1.29, 1.82) is 0 Å². The maximum atomic E-state index is 12.2. The summed E-state index contributed by atoms with van der Waals surface area (Å²) in [7, 11) is 1.61. The van der Waals surface area contributed by atoms with Crippen LogP contribution in [0, 0.1) is 0 Å². The Kier molecular flexibility index (Phi) is 4.37. The van der Waals surface area contributed by atoms with Crippen molar-refractivity contribution < 1.29 is 14.6 Å². The van der Waals surface area contributed by atoms with Crippen molar-refractivity contribution in [2.75, 3.05) is 13.7 Å². The molecule has 0 fully saturated rings. The second kappa shape index (κ2) is 6.02. The Hall–Kier alpha value is -1.62. The molecule has 5 heteroatoms. The van der Waals surface area contributed by atoms with Gasteiger partial charge in [0.25, 0.3) is 5.56 Å². The topological polar surface area (TPSA) is 68.5 Å². The van der Waals surface area contributed by atoms with Crippen molar-refractivity contribution in [3.63, 3.8) is 0 Å². The molecule has 2 rings (SSSR count). The van der Waals surface area contributed by atoms with E-state index in [4.69, 9.17) is 4.74 Å². The highest BCUT2D eigenvalue weighted by Gasteiger charge is 2.22. The minimum absolute atomic E-state index is 0.0328. The smallest absolute Gasteiger partial charge is 0.341 e. The number of aromatic carboxylic acids is 1. The molecule has 1 N–H and O–H groups in total. The summed E-state index contributed by atoms with van der Waals surface area (Å²) in [5, 5.41) is 9.28. The lowest BCUT2D eigenvalue weighted by molar-refractivity contribution is 0.0692. The number of pyridine rings is 1. The number of aromatic nitrogens is 1. The van der Waals surface area contributed by atoms with E-state index in [0.29, 0.717) is 26.0 Å². The van der Waals surface area contributed by atoms with Crippen LogP contribution in [0.15, 0.2) is 11.0 Å². The lowest BCUT2D eigenvalue weighted by atomic mass is 9.90. The summed E-state index contributed by atoms with van der Waals surface area (Å²) in [6.45, 7) is 1.06. The molecule has 5 nitrogen and oxygen atoms in total. The van der Waals surface area contributed by atoms with Gasteiger partial charge in [0.2, 0.25) is 0 Å². The number of fused-ring (bicyclic) bond motifs is 1. The summed E-state index contributed by atoms with van der Waals surface area (Å²) in [4.78, 5) is 23.6. The molecule has 0 bridgehead atoms. The minimum atomic E-state index is -1.11. The number of hydrogen-bond donors (Lipinski definition) is 1. The molecule has 0 saturated heterocycles. The maximum Gasteiger partial charge on any atom is 0.341 e. The summed E-state index contributed by atoms with van der Waals surface area (Å²) < 4.78 is 6.48. The van der Waals surface area contributed by atoms with Crippen molar-refractivity contribution in [2.45, 2.75) is 38.6 Å². The van der Waals surface area contributed by atoms with E-state index in [2.05, 4.69) is 0 Å². The zero-order valence-corrected chi connectivity index (χ0v) is 11.1. The van der Waals surface area contributed by atoms with Gasteiger partial charge in [0.05, 0.1) is 0 Å². The van der Waals surface area contributed by atoms with Crippen molar-refractivity contribution >= 4 is 5.97 Å². The van der Waals surface area contributed by atoms with Crippen molar-refractivity contribution in [3.8, 4) is 0 Å². The number of methoxy groups -OCH3 is 1. The Labute approximate surface area is 111 Å². The molecule has 19 heavy (non-hydrogen) atoms. The summed E-state index contributed by atoms with van der Waals surface area (Å²) in [6.07, 6.45) is 6.11. The molecule has 1 aromatic rings. The maximum absolute atomic E-state index is 12.2. The standard InChI is InChI=1S/C14H19NO4/c1-19-8-4-7-15-9-10-5-2-3-6-11(10)12(13(15)16)14(17)18/h9H,2-8H2,1H3,(H,17,18). The largest absolute Gasteiger partial charge is 0.477 e. The first-order valence-corrected chi connectivity index (χ1v) is 6.62. The molecule has 0 aliphatic heterocycles. The third-order valence-corrected chi connectivity index (χ3v) is 3.56. The van der Waals surface area contributed by atoms with Gasteiger partial charge in [-0.3, -0.25) is 4.79 Å². The van der Waals surface area contributed by atoms with E-state index in [0.717, 1.165) is 30.4 Å². The van der Waals surface area contributed by atoms with Crippen LogP contribution >= 0.6 is 0 Å². The van der Waals surface area contributed by atoms with Crippen LogP contribution in [0.4, 0.5) is 0 Å². The van der Waals surface area contributed by atoms with Crippen molar-refractivity contribution in [3.05, 3.63) is 33.2 Å². The van der Waals surface area contributed by atoms with E-state index in [1.165, 1.54) is 4.57 Å². The van der Waals surface area contributed by atoms with Crippen LogP contribution in [-0.4, -0.2) is 29.4 Å². The lowest BCUT2D eigenvalue weighted by Gasteiger charge is -2.19. The second-order valence-electron chi connectivity index (χ2n) is 4.87. The van der Waals surface area contributed by atoms with Gasteiger partial charge in [0, 0.05) is 26.5 Å². The number of hydrogen-bond acceptors (Lipinski definition) is 3. The third kappa shape index (κ3) is 2.87. The van der Waals surface area contributed by atoms with Gasteiger partial charge in [-0.2, -0.15) is 0 Å². The molecule has 0 aromatic carbocycles. The van der Waals surface area contributed by atoms with Crippen LogP contribution < -0.4 is 5.56 Å². The van der Waals surface area contributed by atoms with Gasteiger partial charge in [0.15, 0.2) is 0 Å². The molecule has 1 heterocycles. The highest BCUT2D eigenvalue weighted by molar-refractivity contribution is 5.89. The van der Waals surface area contributed by atoms with Crippen molar-refractivity contribution in [1.82, 2.24) is 4.57 Å². The average Bonchev–Trinajstić information content (AvgIpc) is 2.39. The summed E-state index contributed by atoms with van der Waals surface area (Å²) in [5.41, 5.74) is 1.34. The lowest BCUT2D eigenvalue weighted by Crippen LogP contribution is -2.30. The average molecular weight is 265 g/mol. The number of ether oxygens (including phenoxy) is 1. The van der Waals surface area contributed by atoms with E-state index in [1.807, 2.05) is 6.20 Å². The molecule has 1 aliphatic carbocycles. The Morgan fingerprint density at radius 1 is 1.42 bits per heavy atom. The molecular weight excluding hydrogens is 246 g/mol. The van der Waals surface area contributed by atoms with Crippen LogP contribution in [0.5, 0.6) is 0 Å².